The van der Waals surface area contributed by atoms with E-state index in [1.807, 2.05) is 0 Å². The van der Waals surface area contributed by atoms with Gasteiger partial charge in [0.15, 0.2) is 5.82 Å². The molecule has 3 saturated heterocycles. The summed E-state index contributed by atoms with van der Waals surface area (Å²) >= 11 is 0. The Morgan fingerprint density at radius 2 is 1.76 bits per heavy atom. The van der Waals surface area contributed by atoms with Crippen molar-refractivity contribution in [3.63, 3.8) is 0 Å². The quantitative estimate of drug-likeness (QED) is 0.798. The number of carbonyl (C=O) groups excluding carboxylic acids is 2. The summed E-state index contributed by atoms with van der Waals surface area (Å²) in [6.45, 7) is 0.240. The monoisotopic (exact) mass is 341 g/mol. The number of benzene rings is 1. The largest absolute Gasteiger partial charge is 0.373 e. The molecule has 2 amide bonds. The van der Waals surface area contributed by atoms with Crippen molar-refractivity contribution in [2.45, 2.75) is 31.6 Å². The molecule has 1 aromatic heterocycles. The molecule has 0 saturated carbocycles. The summed E-state index contributed by atoms with van der Waals surface area (Å²) < 4.78 is 21.0. The number of fused-ring (bicyclic) bond motifs is 5. The van der Waals surface area contributed by atoms with Gasteiger partial charge in [-0.2, -0.15) is 5.10 Å². The number of anilines is 1. The number of rotatable bonds is 3. The Kier molecular flexibility index (Phi) is 3.09. The average molecular weight is 341 g/mol. The zero-order chi connectivity index (χ0) is 17.1. The highest BCUT2D eigenvalue weighted by atomic mass is 19.1. The Bertz CT molecular complexity index is 852. The van der Waals surface area contributed by atoms with E-state index in [1.54, 1.807) is 30.5 Å². The standard InChI is InChI=1S/C18H16FN3O3/c19-11-4-2-1-3-10(11)9-21-8-7-14(20-21)22-17(23)15-12-5-6-13(25-12)16(15)18(22)24/h1-4,7-8,12-13,15-16H,5-6,9H2/t12-,13+,15-,16-/m0/s1. The summed E-state index contributed by atoms with van der Waals surface area (Å²) in [6.07, 6.45) is 3.04. The number of halogens is 1. The zero-order valence-corrected chi connectivity index (χ0v) is 13.3. The molecule has 0 spiro atoms. The van der Waals surface area contributed by atoms with E-state index < -0.39 is 0 Å². The molecule has 0 radical (unpaired) electrons. The Hall–Kier alpha value is -2.54. The zero-order valence-electron chi connectivity index (χ0n) is 13.3. The normalized spacial score (nSPS) is 30.4. The summed E-state index contributed by atoms with van der Waals surface area (Å²) in [6, 6.07) is 8.09. The minimum Gasteiger partial charge on any atom is -0.373 e. The molecule has 128 valence electrons. The van der Waals surface area contributed by atoms with Gasteiger partial charge in [-0.3, -0.25) is 14.3 Å². The van der Waals surface area contributed by atoms with Crippen molar-refractivity contribution in [1.82, 2.24) is 9.78 Å². The van der Waals surface area contributed by atoms with Crippen molar-refractivity contribution in [3.05, 3.63) is 47.9 Å². The number of hydrogen-bond donors (Lipinski definition) is 0. The van der Waals surface area contributed by atoms with E-state index in [4.69, 9.17) is 4.74 Å². The molecule has 2 aromatic rings. The van der Waals surface area contributed by atoms with Crippen LogP contribution in [0.25, 0.3) is 0 Å². The molecule has 7 heteroatoms. The van der Waals surface area contributed by atoms with Gasteiger partial charge in [-0.05, 0) is 18.9 Å². The van der Waals surface area contributed by atoms with Gasteiger partial charge in [0.05, 0.1) is 30.6 Å². The van der Waals surface area contributed by atoms with Gasteiger partial charge in [-0.25, -0.2) is 9.29 Å². The van der Waals surface area contributed by atoms with Crippen LogP contribution in [0, 0.1) is 17.7 Å². The fourth-order valence-corrected chi connectivity index (χ4v) is 4.30. The van der Waals surface area contributed by atoms with Crippen LogP contribution >= 0.6 is 0 Å². The minimum atomic E-state index is -0.372. The molecule has 3 fully saturated rings. The summed E-state index contributed by atoms with van der Waals surface area (Å²) in [4.78, 5) is 26.6. The second kappa shape index (κ2) is 5.23. The molecule has 5 rings (SSSR count). The summed E-state index contributed by atoms with van der Waals surface area (Å²) in [7, 11) is 0. The van der Waals surface area contributed by atoms with Gasteiger partial charge < -0.3 is 4.74 Å². The van der Waals surface area contributed by atoms with E-state index in [0.717, 1.165) is 12.8 Å². The number of ether oxygens (including phenoxy) is 1. The highest BCUT2D eigenvalue weighted by Crippen LogP contribution is 2.49. The first-order valence-corrected chi connectivity index (χ1v) is 8.43. The third-order valence-corrected chi connectivity index (χ3v) is 5.43. The first-order chi connectivity index (χ1) is 12.1. The molecule has 25 heavy (non-hydrogen) atoms. The number of amides is 2. The number of nitrogens with zero attached hydrogens (tertiary/aromatic N) is 3. The fourth-order valence-electron chi connectivity index (χ4n) is 4.30. The average Bonchev–Trinajstić information content (AvgIpc) is 3.35. The van der Waals surface area contributed by atoms with E-state index in [1.165, 1.54) is 15.6 Å². The predicted molar refractivity (Wildman–Crippen MR) is 85.1 cm³/mol. The molecule has 0 N–H and O–H groups in total. The number of aromatic nitrogens is 2. The molecule has 0 aliphatic carbocycles. The second-order valence-corrected chi connectivity index (χ2v) is 6.82. The number of imide groups is 1. The molecule has 0 unspecified atom stereocenters. The van der Waals surface area contributed by atoms with Crippen LogP contribution in [0.15, 0.2) is 36.5 Å². The Balaban J connectivity index is 1.41. The van der Waals surface area contributed by atoms with Gasteiger partial charge in [0.2, 0.25) is 11.8 Å². The van der Waals surface area contributed by atoms with Gasteiger partial charge in [0.1, 0.15) is 5.82 Å². The highest BCUT2D eigenvalue weighted by Gasteiger charge is 2.63. The Morgan fingerprint density at radius 3 is 2.44 bits per heavy atom. The van der Waals surface area contributed by atoms with Gasteiger partial charge in [0, 0.05) is 17.8 Å². The minimum absolute atomic E-state index is 0.142. The third-order valence-electron chi connectivity index (χ3n) is 5.43. The van der Waals surface area contributed by atoms with Crippen LogP contribution in [0.5, 0.6) is 0 Å². The van der Waals surface area contributed by atoms with Crippen molar-refractivity contribution in [3.8, 4) is 0 Å². The van der Waals surface area contributed by atoms with Crippen molar-refractivity contribution in [2.75, 3.05) is 4.90 Å². The van der Waals surface area contributed by atoms with E-state index >= 15 is 0 Å². The van der Waals surface area contributed by atoms with Gasteiger partial charge in [-0.15, -0.1) is 0 Å². The molecular formula is C18H16FN3O3. The lowest BCUT2D eigenvalue weighted by Gasteiger charge is -2.15. The van der Waals surface area contributed by atoms with Crippen molar-refractivity contribution >= 4 is 17.6 Å². The molecule has 4 atom stereocenters. The molecule has 6 nitrogen and oxygen atoms in total. The second-order valence-electron chi connectivity index (χ2n) is 6.82. The molecular weight excluding hydrogens is 325 g/mol. The van der Waals surface area contributed by atoms with Crippen molar-refractivity contribution < 1.29 is 18.7 Å². The molecule has 2 bridgehead atoms. The van der Waals surface area contributed by atoms with Crippen LogP contribution in [0.2, 0.25) is 0 Å². The molecule has 1 aromatic carbocycles. The number of carbonyl (C=O) groups is 2. The smallest absolute Gasteiger partial charge is 0.241 e. The Labute approximate surface area is 143 Å². The molecule has 3 aliphatic heterocycles. The van der Waals surface area contributed by atoms with Gasteiger partial charge in [0.25, 0.3) is 0 Å². The lowest BCUT2D eigenvalue weighted by Crippen LogP contribution is -2.34. The predicted octanol–water partition coefficient (Wildman–Crippen LogP) is 1.74. The lowest BCUT2D eigenvalue weighted by molar-refractivity contribution is -0.124. The van der Waals surface area contributed by atoms with E-state index in [9.17, 15) is 14.0 Å². The summed E-state index contributed by atoms with van der Waals surface area (Å²) in [5.41, 5.74) is 0.500. The maximum absolute atomic E-state index is 13.8. The summed E-state index contributed by atoms with van der Waals surface area (Å²) in [5.74, 6) is -1.20. The van der Waals surface area contributed by atoms with Crippen LogP contribution in [0.1, 0.15) is 18.4 Å². The van der Waals surface area contributed by atoms with Crippen molar-refractivity contribution in [1.29, 1.82) is 0 Å². The van der Waals surface area contributed by atoms with Crippen LogP contribution in [-0.2, 0) is 20.9 Å². The van der Waals surface area contributed by atoms with Gasteiger partial charge >= 0.3 is 0 Å². The summed E-state index contributed by atoms with van der Waals surface area (Å²) in [5, 5.41) is 4.32. The maximum Gasteiger partial charge on any atom is 0.241 e. The van der Waals surface area contributed by atoms with Crippen LogP contribution in [-0.4, -0.2) is 33.8 Å². The van der Waals surface area contributed by atoms with E-state index in [2.05, 4.69) is 5.10 Å². The van der Waals surface area contributed by atoms with Crippen LogP contribution in [0.3, 0.4) is 0 Å². The lowest BCUT2D eigenvalue weighted by atomic mass is 9.81. The fraction of sp³-hybridized carbons (Fsp3) is 0.389. The first-order valence-electron chi connectivity index (χ1n) is 8.43. The molecule has 3 aliphatic rings. The number of hydrogen-bond acceptors (Lipinski definition) is 4. The van der Waals surface area contributed by atoms with Crippen LogP contribution in [0.4, 0.5) is 10.2 Å². The first kappa shape index (κ1) is 14.8. The Morgan fingerprint density at radius 1 is 1.08 bits per heavy atom. The highest BCUT2D eigenvalue weighted by molar-refractivity contribution is 6.22. The SMILES string of the molecule is O=C1[C@@H]2[C@@H](C(=O)N1c1ccn(Cc3ccccc3F)n1)[C@H]1CC[C@@H]2O1. The van der Waals surface area contributed by atoms with Crippen LogP contribution < -0.4 is 4.90 Å². The molecule has 4 heterocycles. The van der Waals surface area contributed by atoms with E-state index in [0.29, 0.717) is 11.4 Å². The van der Waals surface area contributed by atoms with Crippen molar-refractivity contribution in [2.24, 2.45) is 11.8 Å². The van der Waals surface area contributed by atoms with E-state index in [-0.39, 0.29) is 48.2 Å². The maximum atomic E-state index is 13.8. The van der Waals surface area contributed by atoms with Gasteiger partial charge in [-0.1, -0.05) is 18.2 Å². The topological polar surface area (TPSA) is 64.4 Å². The third kappa shape index (κ3) is 2.08.